The molecule has 0 saturated heterocycles. The Morgan fingerprint density at radius 3 is 1.88 bits per heavy atom. The van der Waals surface area contributed by atoms with Crippen LogP contribution < -0.4 is 5.69 Å². The molecule has 0 fully saturated rings. The van der Waals surface area contributed by atoms with Gasteiger partial charge >= 0.3 is 5.69 Å². The quantitative estimate of drug-likeness (QED) is 0.806. The Balaban J connectivity index is 3.72. The molecule has 0 aliphatic rings. The van der Waals surface area contributed by atoms with Crippen molar-refractivity contribution in [3.63, 3.8) is 0 Å². The predicted molar refractivity (Wildman–Crippen MR) is 71.8 cm³/mol. The number of rotatable bonds is 3. The van der Waals surface area contributed by atoms with E-state index in [0.717, 1.165) is 11.4 Å². The van der Waals surface area contributed by atoms with E-state index in [2.05, 4.69) is 32.7 Å². The molecule has 96 valence electrons. The molecule has 3 nitrogen and oxygen atoms in total. The Bertz CT molecular complexity index is 456. The van der Waals surface area contributed by atoms with Crippen molar-refractivity contribution in [2.24, 2.45) is 0 Å². The van der Waals surface area contributed by atoms with Crippen molar-refractivity contribution in [1.82, 2.24) is 9.55 Å². The highest BCUT2D eigenvalue weighted by Gasteiger charge is 2.20. The highest BCUT2D eigenvalue weighted by molar-refractivity contribution is 5.30. The van der Waals surface area contributed by atoms with Gasteiger partial charge in [0.25, 0.3) is 0 Å². The number of aromatic nitrogens is 2. The third-order valence-corrected chi connectivity index (χ3v) is 3.04. The van der Waals surface area contributed by atoms with Gasteiger partial charge in [-0.25, -0.2) is 4.79 Å². The fraction of sp³-hybridized carbons (Fsp3) is 0.714. The Morgan fingerprint density at radius 1 is 1.00 bits per heavy atom. The van der Waals surface area contributed by atoms with E-state index in [1.807, 2.05) is 25.3 Å². The molecule has 0 amide bonds. The second kappa shape index (κ2) is 5.03. The highest BCUT2D eigenvalue weighted by atomic mass is 16.1. The van der Waals surface area contributed by atoms with Gasteiger partial charge < -0.3 is 0 Å². The minimum Gasteiger partial charge on any atom is -0.293 e. The SMILES string of the molecule is Cc1nc(=O)n(C(C)C)c(C(C)C)c1C(C)C. The third-order valence-electron chi connectivity index (χ3n) is 3.04. The number of aryl methyl sites for hydroxylation is 1. The Morgan fingerprint density at radius 2 is 1.53 bits per heavy atom. The summed E-state index contributed by atoms with van der Waals surface area (Å²) in [5.41, 5.74) is 3.14. The van der Waals surface area contributed by atoms with Gasteiger partial charge in [-0.1, -0.05) is 27.7 Å². The van der Waals surface area contributed by atoms with Crippen molar-refractivity contribution < 1.29 is 0 Å². The second-order valence-corrected chi connectivity index (χ2v) is 5.55. The van der Waals surface area contributed by atoms with Crippen LogP contribution in [0.1, 0.15) is 76.4 Å². The molecule has 1 aromatic rings. The monoisotopic (exact) mass is 236 g/mol. The average molecular weight is 236 g/mol. The lowest BCUT2D eigenvalue weighted by atomic mass is 9.93. The summed E-state index contributed by atoms with van der Waals surface area (Å²) in [5.74, 6) is 0.731. The Hall–Kier alpha value is -1.12. The van der Waals surface area contributed by atoms with E-state index in [0.29, 0.717) is 11.8 Å². The molecule has 0 spiro atoms. The van der Waals surface area contributed by atoms with Crippen molar-refractivity contribution in [2.75, 3.05) is 0 Å². The second-order valence-electron chi connectivity index (χ2n) is 5.55. The summed E-state index contributed by atoms with van der Waals surface area (Å²) >= 11 is 0. The minimum absolute atomic E-state index is 0.120. The summed E-state index contributed by atoms with van der Waals surface area (Å²) in [5, 5.41) is 0. The van der Waals surface area contributed by atoms with E-state index in [9.17, 15) is 4.79 Å². The van der Waals surface area contributed by atoms with Crippen molar-refractivity contribution in [3.8, 4) is 0 Å². The van der Waals surface area contributed by atoms with Crippen molar-refractivity contribution >= 4 is 0 Å². The molecule has 0 bridgehead atoms. The van der Waals surface area contributed by atoms with Crippen LogP contribution in [0.2, 0.25) is 0 Å². The lowest BCUT2D eigenvalue weighted by Gasteiger charge is -2.24. The predicted octanol–water partition coefficient (Wildman–Crippen LogP) is 3.38. The minimum atomic E-state index is -0.120. The number of hydrogen-bond acceptors (Lipinski definition) is 2. The largest absolute Gasteiger partial charge is 0.348 e. The topological polar surface area (TPSA) is 34.9 Å². The summed E-state index contributed by atoms with van der Waals surface area (Å²) in [6.45, 7) is 14.6. The third kappa shape index (κ3) is 2.59. The number of hydrogen-bond donors (Lipinski definition) is 0. The van der Waals surface area contributed by atoms with Crippen LogP contribution in [-0.4, -0.2) is 9.55 Å². The standard InChI is InChI=1S/C14H24N2O/c1-8(2)12-11(7)15-14(17)16(10(5)6)13(12)9(3)4/h8-10H,1-7H3. The molecule has 0 atom stereocenters. The summed E-state index contributed by atoms with van der Waals surface area (Å²) in [7, 11) is 0. The maximum absolute atomic E-state index is 12.0. The van der Waals surface area contributed by atoms with Gasteiger partial charge in [0.15, 0.2) is 0 Å². The summed E-state index contributed by atoms with van der Waals surface area (Å²) in [4.78, 5) is 16.2. The molecule has 1 aromatic heterocycles. The zero-order chi connectivity index (χ0) is 13.3. The first-order valence-corrected chi connectivity index (χ1v) is 6.40. The van der Waals surface area contributed by atoms with E-state index in [4.69, 9.17) is 0 Å². The van der Waals surface area contributed by atoms with Gasteiger partial charge in [-0.05, 0) is 38.2 Å². The fourth-order valence-corrected chi connectivity index (χ4v) is 2.48. The van der Waals surface area contributed by atoms with Crippen LogP contribution in [0.5, 0.6) is 0 Å². The van der Waals surface area contributed by atoms with E-state index >= 15 is 0 Å². The van der Waals surface area contributed by atoms with Crippen LogP contribution in [0.4, 0.5) is 0 Å². The molecule has 17 heavy (non-hydrogen) atoms. The maximum atomic E-state index is 12.0. The smallest absolute Gasteiger partial charge is 0.293 e. The van der Waals surface area contributed by atoms with Crippen LogP contribution in [0.3, 0.4) is 0 Å². The van der Waals surface area contributed by atoms with Crippen LogP contribution >= 0.6 is 0 Å². The molecule has 1 rings (SSSR count). The molecule has 3 heteroatoms. The molecular formula is C14H24N2O. The average Bonchev–Trinajstić information content (AvgIpc) is 2.14. The summed E-state index contributed by atoms with van der Waals surface area (Å²) < 4.78 is 1.84. The molecule has 0 aliphatic carbocycles. The van der Waals surface area contributed by atoms with E-state index in [1.165, 1.54) is 5.56 Å². The Kier molecular flexibility index (Phi) is 4.12. The van der Waals surface area contributed by atoms with E-state index < -0.39 is 0 Å². The molecule has 0 unspecified atom stereocenters. The Labute approximate surface area is 104 Å². The van der Waals surface area contributed by atoms with Crippen molar-refractivity contribution in [2.45, 2.75) is 66.3 Å². The highest BCUT2D eigenvalue weighted by Crippen LogP contribution is 2.28. The molecule has 0 saturated carbocycles. The van der Waals surface area contributed by atoms with Crippen molar-refractivity contribution in [3.05, 3.63) is 27.4 Å². The van der Waals surface area contributed by atoms with Gasteiger partial charge in [0, 0.05) is 17.4 Å². The summed E-state index contributed by atoms with van der Waals surface area (Å²) in [6.07, 6.45) is 0. The molecule has 0 aliphatic heterocycles. The molecule has 0 radical (unpaired) electrons. The summed E-state index contributed by atoms with van der Waals surface area (Å²) in [6, 6.07) is 0.158. The first-order valence-electron chi connectivity index (χ1n) is 6.40. The van der Waals surface area contributed by atoms with Gasteiger partial charge in [-0.15, -0.1) is 0 Å². The first-order chi connectivity index (χ1) is 7.77. The van der Waals surface area contributed by atoms with Gasteiger partial charge in [0.2, 0.25) is 0 Å². The van der Waals surface area contributed by atoms with Gasteiger partial charge in [0.05, 0.1) is 0 Å². The number of nitrogens with zero attached hydrogens (tertiary/aromatic N) is 2. The molecule has 0 N–H and O–H groups in total. The van der Waals surface area contributed by atoms with Crippen LogP contribution in [0.25, 0.3) is 0 Å². The van der Waals surface area contributed by atoms with Gasteiger partial charge in [0.1, 0.15) is 0 Å². The first kappa shape index (κ1) is 13.9. The van der Waals surface area contributed by atoms with Crippen molar-refractivity contribution in [1.29, 1.82) is 0 Å². The van der Waals surface area contributed by atoms with E-state index in [-0.39, 0.29) is 11.7 Å². The molecule has 0 aromatic carbocycles. The molecular weight excluding hydrogens is 212 g/mol. The van der Waals surface area contributed by atoms with Crippen LogP contribution in [-0.2, 0) is 0 Å². The van der Waals surface area contributed by atoms with Crippen LogP contribution in [0, 0.1) is 6.92 Å². The fourth-order valence-electron chi connectivity index (χ4n) is 2.48. The zero-order valence-corrected chi connectivity index (χ0v) is 12.0. The van der Waals surface area contributed by atoms with E-state index in [1.54, 1.807) is 0 Å². The maximum Gasteiger partial charge on any atom is 0.348 e. The van der Waals surface area contributed by atoms with Crippen LogP contribution in [0.15, 0.2) is 4.79 Å². The zero-order valence-electron chi connectivity index (χ0n) is 12.0. The lowest BCUT2D eigenvalue weighted by molar-refractivity contribution is 0.508. The normalized spacial score (nSPS) is 11.9. The molecule has 1 heterocycles. The van der Waals surface area contributed by atoms with Gasteiger partial charge in [-0.2, -0.15) is 4.98 Å². The lowest BCUT2D eigenvalue weighted by Crippen LogP contribution is -2.31. The van der Waals surface area contributed by atoms with Gasteiger partial charge in [-0.3, -0.25) is 4.57 Å².